The van der Waals surface area contributed by atoms with Gasteiger partial charge in [0.05, 0.1) is 46.2 Å². The molecule has 0 radical (unpaired) electrons. The number of ether oxygens (including phenoxy) is 5. The van der Waals surface area contributed by atoms with Crippen molar-refractivity contribution < 1.29 is 28.5 Å². The maximum Gasteiger partial charge on any atom is 0.335 e. The summed E-state index contributed by atoms with van der Waals surface area (Å²) >= 11 is 0. The van der Waals surface area contributed by atoms with Gasteiger partial charge in [-0.25, -0.2) is 4.79 Å². The van der Waals surface area contributed by atoms with Gasteiger partial charge in [-0.1, -0.05) is 6.92 Å². The van der Waals surface area contributed by atoms with Crippen molar-refractivity contribution in [3.05, 3.63) is 0 Å². The normalized spacial score (nSPS) is 12.4. The van der Waals surface area contributed by atoms with Gasteiger partial charge < -0.3 is 23.7 Å². The molecule has 0 saturated carbocycles. The van der Waals surface area contributed by atoms with Gasteiger partial charge in [0, 0.05) is 7.11 Å². The molecule has 0 aliphatic carbocycles. The SMILES string of the molecule is CCOC(=O)C(CC)OCCOCCOCCOC. The second kappa shape index (κ2) is 13.7. The van der Waals surface area contributed by atoms with Crippen LogP contribution >= 0.6 is 0 Å². The summed E-state index contributed by atoms with van der Waals surface area (Å²) in [7, 11) is 1.63. The van der Waals surface area contributed by atoms with Crippen molar-refractivity contribution in [2.24, 2.45) is 0 Å². The van der Waals surface area contributed by atoms with Crippen molar-refractivity contribution in [1.29, 1.82) is 0 Å². The van der Waals surface area contributed by atoms with Gasteiger partial charge in [0.25, 0.3) is 0 Å². The lowest BCUT2D eigenvalue weighted by molar-refractivity contribution is -0.157. The van der Waals surface area contributed by atoms with Crippen LogP contribution in [0.15, 0.2) is 0 Å². The molecule has 1 unspecified atom stereocenters. The van der Waals surface area contributed by atoms with Crippen LogP contribution in [0.2, 0.25) is 0 Å². The van der Waals surface area contributed by atoms with E-state index >= 15 is 0 Å². The molecule has 19 heavy (non-hydrogen) atoms. The predicted molar refractivity (Wildman–Crippen MR) is 70.2 cm³/mol. The predicted octanol–water partition coefficient (Wildman–Crippen LogP) is 1.02. The lowest BCUT2D eigenvalue weighted by Crippen LogP contribution is -2.27. The van der Waals surface area contributed by atoms with Crippen LogP contribution in [0.5, 0.6) is 0 Å². The fraction of sp³-hybridized carbons (Fsp3) is 0.923. The molecule has 6 heteroatoms. The minimum absolute atomic E-state index is 0.312. The molecular weight excluding hydrogens is 252 g/mol. The Morgan fingerprint density at radius 1 is 0.947 bits per heavy atom. The first-order valence-corrected chi connectivity index (χ1v) is 6.68. The number of esters is 1. The Balaban J connectivity index is 3.38. The number of rotatable bonds is 13. The first kappa shape index (κ1) is 18.3. The molecule has 0 aromatic carbocycles. The van der Waals surface area contributed by atoms with Gasteiger partial charge in [0.2, 0.25) is 0 Å². The maximum absolute atomic E-state index is 11.4. The summed E-state index contributed by atoms with van der Waals surface area (Å²) in [6.07, 6.45) is 0.0976. The molecule has 0 N–H and O–H groups in total. The Labute approximate surface area is 115 Å². The molecule has 0 saturated heterocycles. The van der Waals surface area contributed by atoms with E-state index in [-0.39, 0.29) is 5.97 Å². The van der Waals surface area contributed by atoms with E-state index in [4.69, 9.17) is 23.7 Å². The third kappa shape index (κ3) is 10.9. The van der Waals surface area contributed by atoms with Crippen molar-refractivity contribution in [1.82, 2.24) is 0 Å². The highest BCUT2D eigenvalue weighted by Gasteiger charge is 2.17. The van der Waals surface area contributed by atoms with Gasteiger partial charge in [-0.05, 0) is 13.3 Å². The summed E-state index contributed by atoms with van der Waals surface area (Å²) in [5, 5.41) is 0. The highest BCUT2D eigenvalue weighted by Crippen LogP contribution is 2.01. The van der Waals surface area contributed by atoms with E-state index in [1.54, 1.807) is 14.0 Å². The minimum atomic E-state index is -0.499. The zero-order valence-corrected chi connectivity index (χ0v) is 12.2. The van der Waals surface area contributed by atoms with Crippen molar-refractivity contribution in [2.75, 3.05) is 53.4 Å². The Kier molecular flexibility index (Phi) is 13.2. The summed E-state index contributed by atoms with van der Waals surface area (Å²) in [6, 6.07) is 0. The summed E-state index contributed by atoms with van der Waals surface area (Å²) in [4.78, 5) is 11.4. The first-order chi connectivity index (χ1) is 9.26. The molecule has 0 aromatic rings. The van der Waals surface area contributed by atoms with Crippen molar-refractivity contribution in [2.45, 2.75) is 26.4 Å². The Bertz CT molecular complexity index is 209. The standard InChI is InChI=1S/C13H26O6/c1-4-12(13(14)18-5-2)19-11-10-17-9-8-16-7-6-15-3/h12H,4-11H2,1-3H3. The average molecular weight is 278 g/mol. The Morgan fingerprint density at radius 2 is 1.53 bits per heavy atom. The van der Waals surface area contributed by atoms with E-state index in [1.807, 2.05) is 6.92 Å². The van der Waals surface area contributed by atoms with E-state index in [1.165, 1.54) is 0 Å². The number of hydrogen-bond acceptors (Lipinski definition) is 6. The maximum atomic E-state index is 11.4. The minimum Gasteiger partial charge on any atom is -0.464 e. The van der Waals surface area contributed by atoms with E-state index in [2.05, 4.69) is 0 Å². The second-order valence-corrected chi connectivity index (χ2v) is 3.74. The topological polar surface area (TPSA) is 63.2 Å². The molecule has 0 spiro atoms. The fourth-order valence-electron chi connectivity index (χ4n) is 1.30. The van der Waals surface area contributed by atoms with Crippen LogP contribution in [0.1, 0.15) is 20.3 Å². The third-order valence-electron chi connectivity index (χ3n) is 2.27. The van der Waals surface area contributed by atoms with Crippen LogP contribution in [0, 0.1) is 0 Å². The third-order valence-corrected chi connectivity index (χ3v) is 2.27. The zero-order chi connectivity index (χ0) is 14.3. The van der Waals surface area contributed by atoms with E-state index < -0.39 is 6.10 Å². The van der Waals surface area contributed by atoms with Gasteiger partial charge in [0.1, 0.15) is 0 Å². The van der Waals surface area contributed by atoms with E-state index in [0.29, 0.717) is 52.7 Å². The van der Waals surface area contributed by atoms with Crippen molar-refractivity contribution >= 4 is 5.97 Å². The molecular formula is C13H26O6. The van der Waals surface area contributed by atoms with E-state index in [0.717, 1.165) is 0 Å². The van der Waals surface area contributed by atoms with Gasteiger partial charge in [-0.2, -0.15) is 0 Å². The molecule has 1 atom stereocenters. The van der Waals surface area contributed by atoms with Crippen molar-refractivity contribution in [3.63, 3.8) is 0 Å². The highest BCUT2D eigenvalue weighted by atomic mass is 16.6. The number of hydrogen-bond donors (Lipinski definition) is 0. The molecule has 114 valence electrons. The second-order valence-electron chi connectivity index (χ2n) is 3.74. The van der Waals surface area contributed by atoms with Crippen LogP contribution in [-0.4, -0.2) is 65.4 Å². The fourth-order valence-corrected chi connectivity index (χ4v) is 1.30. The lowest BCUT2D eigenvalue weighted by atomic mass is 10.3. The summed E-state index contributed by atoms with van der Waals surface area (Å²) in [6.45, 7) is 7.01. The molecule has 6 nitrogen and oxygen atoms in total. The Hall–Kier alpha value is -0.690. The Morgan fingerprint density at radius 3 is 2.05 bits per heavy atom. The molecule has 0 rings (SSSR count). The highest BCUT2D eigenvalue weighted by molar-refractivity contribution is 5.74. The quantitative estimate of drug-likeness (QED) is 0.370. The van der Waals surface area contributed by atoms with Crippen LogP contribution in [0.25, 0.3) is 0 Å². The molecule has 0 fully saturated rings. The van der Waals surface area contributed by atoms with Crippen LogP contribution < -0.4 is 0 Å². The molecule has 0 heterocycles. The number of carbonyl (C=O) groups is 1. The zero-order valence-electron chi connectivity index (χ0n) is 12.2. The van der Waals surface area contributed by atoms with Gasteiger partial charge in [0.15, 0.2) is 6.10 Å². The number of methoxy groups -OCH3 is 1. The summed E-state index contributed by atoms with van der Waals surface area (Å²) in [5.74, 6) is -0.312. The first-order valence-electron chi connectivity index (χ1n) is 6.68. The largest absolute Gasteiger partial charge is 0.464 e. The molecule has 0 aliphatic rings. The lowest BCUT2D eigenvalue weighted by Gasteiger charge is -2.14. The summed E-state index contributed by atoms with van der Waals surface area (Å²) in [5.41, 5.74) is 0. The average Bonchev–Trinajstić information content (AvgIpc) is 2.41. The van der Waals surface area contributed by atoms with Crippen LogP contribution in [-0.2, 0) is 28.5 Å². The van der Waals surface area contributed by atoms with Crippen LogP contribution in [0.4, 0.5) is 0 Å². The molecule has 0 aromatic heterocycles. The van der Waals surface area contributed by atoms with E-state index in [9.17, 15) is 4.79 Å². The number of carbonyl (C=O) groups excluding carboxylic acids is 1. The van der Waals surface area contributed by atoms with Gasteiger partial charge >= 0.3 is 5.97 Å². The van der Waals surface area contributed by atoms with Crippen LogP contribution in [0.3, 0.4) is 0 Å². The van der Waals surface area contributed by atoms with Crippen molar-refractivity contribution in [3.8, 4) is 0 Å². The monoisotopic (exact) mass is 278 g/mol. The van der Waals surface area contributed by atoms with Gasteiger partial charge in [-0.3, -0.25) is 0 Å². The molecule has 0 aliphatic heterocycles. The molecule has 0 bridgehead atoms. The van der Waals surface area contributed by atoms with Gasteiger partial charge in [-0.15, -0.1) is 0 Å². The summed E-state index contributed by atoms with van der Waals surface area (Å²) < 4.78 is 25.7. The molecule has 0 amide bonds. The smallest absolute Gasteiger partial charge is 0.335 e.